The van der Waals surface area contributed by atoms with E-state index in [0.717, 1.165) is 66.1 Å². The van der Waals surface area contributed by atoms with Gasteiger partial charge in [0.25, 0.3) is 0 Å². The zero-order chi connectivity index (χ0) is 23.8. The highest BCUT2D eigenvalue weighted by atomic mass is 32.2. The zero-order valence-electron chi connectivity index (χ0n) is 21.0. The Morgan fingerprint density at radius 3 is 2.39 bits per heavy atom. The first-order valence-corrected chi connectivity index (χ1v) is 12.2. The number of benzene rings is 1. The normalized spacial score (nSPS) is 14.7. The molecule has 1 aromatic carbocycles. The molecule has 1 aromatic rings. The number of aromatic hydroxyl groups is 1. The molecule has 176 valence electrons. The van der Waals surface area contributed by atoms with Crippen LogP contribution in [-0.4, -0.2) is 37.1 Å². The number of phenolic OH excluding ortho intramolecular Hbond substituents is 1. The van der Waals surface area contributed by atoms with Gasteiger partial charge in [-0.25, -0.2) is 0 Å². The van der Waals surface area contributed by atoms with E-state index in [1.165, 1.54) is 11.1 Å². The van der Waals surface area contributed by atoms with Crippen LogP contribution in [0.25, 0.3) is 5.57 Å². The lowest BCUT2D eigenvalue weighted by Crippen LogP contribution is -2.30. The number of ether oxygens (including phenoxy) is 1. The second kappa shape index (κ2) is 16.9. The fourth-order valence-electron chi connectivity index (χ4n) is 3.03. The average molecular weight is 449 g/mol. The summed E-state index contributed by atoms with van der Waals surface area (Å²) in [4.78, 5) is 5.25. The van der Waals surface area contributed by atoms with Crippen LogP contribution >= 0.6 is 11.8 Å². The number of aryl methyl sites for hydroxylation is 1. The summed E-state index contributed by atoms with van der Waals surface area (Å²) in [6.45, 7) is 20.8. The maximum Gasteiger partial charge on any atom is 0.160 e. The molecule has 1 aliphatic rings. The summed E-state index contributed by atoms with van der Waals surface area (Å²) in [5.41, 5.74) is 4.55. The van der Waals surface area contributed by atoms with E-state index in [1.54, 1.807) is 11.8 Å². The molecule has 0 aliphatic carbocycles. The molecular formula is C26H44N2O2S. The van der Waals surface area contributed by atoms with Crippen LogP contribution in [0.5, 0.6) is 5.75 Å². The predicted molar refractivity (Wildman–Crippen MR) is 140 cm³/mol. The highest BCUT2D eigenvalue weighted by molar-refractivity contribution is 8.17. The van der Waals surface area contributed by atoms with E-state index in [4.69, 9.17) is 4.74 Å². The van der Waals surface area contributed by atoms with Gasteiger partial charge in [-0.05, 0) is 86.1 Å². The Hall–Kier alpha value is -1.72. The van der Waals surface area contributed by atoms with Crippen LogP contribution in [0.1, 0.15) is 71.1 Å². The summed E-state index contributed by atoms with van der Waals surface area (Å²) in [6.07, 6.45) is 5.33. The number of hydrogen-bond donors (Lipinski definition) is 2. The fourth-order valence-corrected chi connectivity index (χ4v) is 3.60. The zero-order valence-corrected chi connectivity index (χ0v) is 21.8. The third kappa shape index (κ3) is 11.5. The molecule has 2 N–H and O–H groups in total. The average Bonchev–Trinajstić information content (AvgIpc) is 2.80. The van der Waals surface area contributed by atoms with Crippen LogP contribution in [-0.2, 0) is 11.2 Å². The number of aliphatic imine (C=N–C) groups is 1. The number of hydrogen-bond acceptors (Lipinski definition) is 4. The van der Waals surface area contributed by atoms with Crippen LogP contribution in [0.15, 0.2) is 34.7 Å². The summed E-state index contributed by atoms with van der Waals surface area (Å²) in [5, 5.41) is 14.1. The van der Waals surface area contributed by atoms with Gasteiger partial charge in [-0.1, -0.05) is 51.3 Å². The molecule has 0 unspecified atom stereocenters. The molecular weight excluding hydrogens is 404 g/mol. The quantitative estimate of drug-likeness (QED) is 0.377. The Labute approximate surface area is 195 Å². The lowest BCUT2D eigenvalue weighted by molar-refractivity contribution is 0.0676. The van der Waals surface area contributed by atoms with Crippen molar-refractivity contribution in [3.05, 3.63) is 46.4 Å². The first-order valence-electron chi connectivity index (χ1n) is 11.4. The molecule has 31 heavy (non-hydrogen) atoms. The molecule has 1 heterocycles. The molecule has 1 saturated heterocycles. The van der Waals surface area contributed by atoms with Crippen LogP contribution < -0.4 is 5.32 Å². The first-order chi connectivity index (χ1) is 14.8. The summed E-state index contributed by atoms with van der Waals surface area (Å²) < 4.78 is 5.32. The minimum absolute atomic E-state index is 0.403. The number of phenols is 1. The van der Waals surface area contributed by atoms with Gasteiger partial charge >= 0.3 is 0 Å². The number of nitrogens with one attached hydrogen (secondary N) is 1. The number of amidine groups is 1. The molecule has 4 nitrogen and oxygen atoms in total. The summed E-state index contributed by atoms with van der Waals surface area (Å²) in [7, 11) is 1.81. The lowest BCUT2D eigenvalue weighted by atomic mass is 9.98. The van der Waals surface area contributed by atoms with Gasteiger partial charge < -0.3 is 15.2 Å². The third-order valence-electron chi connectivity index (χ3n) is 5.11. The number of thioether (sulfide) groups is 1. The predicted octanol–water partition coefficient (Wildman–Crippen LogP) is 6.97. The Bertz CT molecular complexity index is 720. The van der Waals surface area contributed by atoms with Crippen LogP contribution in [0.4, 0.5) is 0 Å². The molecule has 0 aromatic heterocycles. The minimum Gasteiger partial charge on any atom is -0.508 e. The SMILES string of the molecule is C/C=C(\C)c1cc(O)c(C)c(CC)c1.C=C(C)SC(=NC)NCC1CCOCC1.CC. The van der Waals surface area contributed by atoms with Gasteiger partial charge in [-0.2, -0.15) is 0 Å². The van der Waals surface area contributed by atoms with E-state index in [-0.39, 0.29) is 0 Å². The summed E-state index contributed by atoms with van der Waals surface area (Å²) in [5.74, 6) is 1.13. The Balaban J connectivity index is 0.000000539. The first kappa shape index (κ1) is 29.3. The van der Waals surface area contributed by atoms with E-state index in [9.17, 15) is 5.11 Å². The molecule has 5 heteroatoms. The van der Waals surface area contributed by atoms with Gasteiger partial charge in [-0.15, -0.1) is 0 Å². The third-order valence-corrected chi connectivity index (χ3v) is 5.98. The van der Waals surface area contributed by atoms with Gasteiger partial charge in [0.2, 0.25) is 0 Å². The molecule has 0 amide bonds. The highest BCUT2D eigenvalue weighted by Crippen LogP contribution is 2.26. The Morgan fingerprint density at radius 1 is 1.29 bits per heavy atom. The molecule has 2 rings (SSSR count). The van der Waals surface area contributed by atoms with Crippen molar-refractivity contribution in [2.24, 2.45) is 10.9 Å². The largest absolute Gasteiger partial charge is 0.508 e. The smallest absolute Gasteiger partial charge is 0.160 e. The van der Waals surface area contributed by atoms with E-state index in [1.807, 2.05) is 47.7 Å². The monoisotopic (exact) mass is 448 g/mol. The number of nitrogens with zero attached hydrogens (tertiary/aromatic N) is 1. The van der Waals surface area contributed by atoms with Gasteiger partial charge in [0.1, 0.15) is 5.75 Å². The van der Waals surface area contributed by atoms with Crippen molar-refractivity contribution in [1.82, 2.24) is 5.32 Å². The Kier molecular flexibility index (Phi) is 16.0. The summed E-state index contributed by atoms with van der Waals surface area (Å²) >= 11 is 1.60. The molecule has 1 fully saturated rings. The lowest BCUT2D eigenvalue weighted by Gasteiger charge is -2.22. The minimum atomic E-state index is 0.403. The van der Waals surface area contributed by atoms with Crippen LogP contribution in [0, 0.1) is 12.8 Å². The molecule has 0 spiro atoms. The van der Waals surface area contributed by atoms with Gasteiger partial charge in [0.15, 0.2) is 5.17 Å². The van der Waals surface area contributed by atoms with E-state index in [0.29, 0.717) is 5.75 Å². The van der Waals surface area contributed by atoms with Crippen molar-refractivity contribution in [2.75, 3.05) is 26.8 Å². The topological polar surface area (TPSA) is 53.9 Å². The van der Waals surface area contributed by atoms with Crippen molar-refractivity contribution >= 4 is 22.5 Å². The maximum absolute atomic E-state index is 9.73. The number of rotatable bonds is 5. The van der Waals surface area contributed by atoms with Gasteiger partial charge in [0, 0.05) is 26.8 Å². The van der Waals surface area contributed by atoms with Crippen molar-refractivity contribution in [1.29, 1.82) is 0 Å². The van der Waals surface area contributed by atoms with Gasteiger partial charge in [-0.3, -0.25) is 4.99 Å². The summed E-state index contributed by atoms with van der Waals surface area (Å²) in [6, 6.07) is 3.99. The highest BCUT2D eigenvalue weighted by Gasteiger charge is 2.14. The molecule has 0 atom stereocenters. The molecule has 0 bridgehead atoms. The Morgan fingerprint density at radius 2 is 1.90 bits per heavy atom. The molecule has 0 radical (unpaired) electrons. The molecule has 1 aliphatic heterocycles. The van der Waals surface area contributed by atoms with E-state index < -0.39 is 0 Å². The number of allylic oxidation sites excluding steroid dienone is 3. The fraction of sp³-hybridized carbons (Fsp3) is 0.577. The van der Waals surface area contributed by atoms with Crippen molar-refractivity contribution in [3.63, 3.8) is 0 Å². The van der Waals surface area contributed by atoms with Crippen molar-refractivity contribution in [3.8, 4) is 5.75 Å². The van der Waals surface area contributed by atoms with Gasteiger partial charge in [0.05, 0.1) is 0 Å². The van der Waals surface area contributed by atoms with E-state index >= 15 is 0 Å². The van der Waals surface area contributed by atoms with Crippen LogP contribution in [0.2, 0.25) is 0 Å². The van der Waals surface area contributed by atoms with Crippen molar-refractivity contribution in [2.45, 2.75) is 67.7 Å². The second-order valence-corrected chi connectivity index (χ2v) is 8.66. The van der Waals surface area contributed by atoms with E-state index in [2.05, 4.69) is 42.9 Å². The second-order valence-electron chi connectivity index (χ2n) is 7.37. The van der Waals surface area contributed by atoms with Crippen LogP contribution in [0.3, 0.4) is 0 Å². The molecule has 0 saturated carbocycles. The van der Waals surface area contributed by atoms with Crippen molar-refractivity contribution < 1.29 is 9.84 Å². The maximum atomic E-state index is 9.73. The standard InChI is InChI=1S/C13H18O.C11H20N2OS.C2H6/c1-5-9(3)12-7-11(6-2)10(4)13(14)8-12;1-9(2)15-11(12-3)13-8-10-4-6-14-7-5-10;1-2/h5,7-8,14H,6H2,1-4H3;10H,1,4-8H2,2-3H3,(H,12,13);1-2H3/b9-5+;;.